The van der Waals surface area contributed by atoms with Gasteiger partial charge < -0.3 is 5.32 Å². The number of hydrogen-bond acceptors (Lipinski definition) is 2. The van der Waals surface area contributed by atoms with Gasteiger partial charge in [0.05, 0.1) is 5.69 Å². The fourth-order valence-corrected chi connectivity index (χ4v) is 1.29. The van der Waals surface area contributed by atoms with Crippen LogP contribution in [0.1, 0.15) is 26.3 Å². The Bertz CT molecular complexity index is 463. The second-order valence-corrected chi connectivity index (χ2v) is 4.30. The predicted octanol–water partition coefficient (Wildman–Crippen LogP) is 2.93. The van der Waals surface area contributed by atoms with Gasteiger partial charge in [0.25, 0.3) is 0 Å². The molecule has 0 radical (unpaired) electrons. The van der Waals surface area contributed by atoms with Crippen LogP contribution < -0.4 is 5.32 Å². The van der Waals surface area contributed by atoms with E-state index in [0.717, 1.165) is 0 Å². The molecule has 4 heteroatoms. The number of carbonyl (C=O) groups is 1. The molecule has 0 saturated heterocycles. The third kappa shape index (κ3) is 3.04. The number of halogens is 1. The van der Waals surface area contributed by atoms with E-state index in [1.54, 1.807) is 13.0 Å². The average Bonchev–Trinajstić information content (AvgIpc) is 2.28. The summed E-state index contributed by atoms with van der Waals surface area (Å²) in [5.74, 6) is -0.830. The highest BCUT2D eigenvalue weighted by molar-refractivity contribution is 5.93. The van der Waals surface area contributed by atoms with E-state index >= 15 is 0 Å². The Kier molecular flexibility index (Phi) is 4.22. The first-order valence-electron chi connectivity index (χ1n) is 5.46. The second kappa shape index (κ2) is 5.44. The second-order valence-electron chi connectivity index (χ2n) is 4.30. The van der Waals surface area contributed by atoms with Crippen LogP contribution in [-0.4, -0.2) is 5.91 Å². The van der Waals surface area contributed by atoms with Crippen molar-refractivity contribution in [1.29, 1.82) is 5.26 Å². The molecule has 90 valence electrons. The largest absolute Gasteiger partial charge is 0.325 e. The summed E-state index contributed by atoms with van der Waals surface area (Å²) in [5, 5.41) is 11.4. The lowest BCUT2D eigenvalue weighted by molar-refractivity contribution is -0.120. The van der Waals surface area contributed by atoms with Gasteiger partial charge >= 0.3 is 0 Å². The minimum Gasteiger partial charge on any atom is -0.325 e. The Morgan fingerprint density at radius 2 is 2.06 bits per heavy atom. The van der Waals surface area contributed by atoms with E-state index in [1.807, 2.05) is 13.8 Å². The van der Waals surface area contributed by atoms with Gasteiger partial charge in [0.1, 0.15) is 17.4 Å². The molecule has 0 aliphatic heterocycles. The molecule has 1 unspecified atom stereocenters. The zero-order valence-corrected chi connectivity index (χ0v) is 10.1. The number of nitrogens with zero attached hydrogens (tertiary/aromatic N) is 1. The molecule has 17 heavy (non-hydrogen) atoms. The van der Waals surface area contributed by atoms with Crippen LogP contribution >= 0.6 is 0 Å². The van der Waals surface area contributed by atoms with Gasteiger partial charge in [-0.1, -0.05) is 26.8 Å². The van der Waals surface area contributed by atoms with Gasteiger partial charge in [0.2, 0.25) is 5.91 Å². The van der Waals surface area contributed by atoms with Gasteiger partial charge in [-0.2, -0.15) is 5.26 Å². The zero-order chi connectivity index (χ0) is 13.0. The normalized spacial score (nSPS) is 12.0. The van der Waals surface area contributed by atoms with E-state index in [0.29, 0.717) is 0 Å². The smallest absolute Gasteiger partial charge is 0.227 e. The number of nitriles is 1. The molecule has 1 aromatic carbocycles. The molecule has 0 aliphatic carbocycles. The highest BCUT2D eigenvalue weighted by Crippen LogP contribution is 2.20. The summed E-state index contributed by atoms with van der Waals surface area (Å²) in [6.45, 7) is 5.66. The van der Waals surface area contributed by atoms with Crippen molar-refractivity contribution in [2.45, 2.75) is 20.8 Å². The number of benzene rings is 1. The molecule has 0 spiro atoms. The summed E-state index contributed by atoms with van der Waals surface area (Å²) in [4.78, 5) is 11.8. The van der Waals surface area contributed by atoms with Crippen LogP contribution in [0.4, 0.5) is 10.1 Å². The van der Waals surface area contributed by atoms with Gasteiger partial charge in [-0.3, -0.25) is 4.79 Å². The van der Waals surface area contributed by atoms with Crippen molar-refractivity contribution in [2.24, 2.45) is 11.8 Å². The standard InChI is InChI=1S/C13H15FN2O/c1-8(2)9(3)13(17)16-12-6-4-5-11(14)10(12)7-15/h4-6,8-9H,1-3H3,(H,16,17). The first-order chi connectivity index (χ1) is 7.97. The van der Waals surface area contributed by atoms with E-state index in [9.17, 15) is 9.18 Å². The summed E-state index contributed by atoms with van der Waals surface area (Å²) in [6.07, 6.45) is 0. The van der Waals surface area contributed by atoms with Crippen LogP contribution in [-0.2, 0) is 4.79 Å². The number of rotatable bonds is 3. The molecule has 3 nitrogen and oxygen atoms in total. The minimum absolute atomic E-state index is 0.128. The van der Waals surface area contributed by atoms with E-state index in [-0.39, 0.29) is 29.0 Å². The van der Waals surface area contributed by atoms with E-state index in [1.165, 1.54) is 18.2 Å². The maximum atomic E-state index is 13.3. The van der Waals surface area contributed by atoms with Crippen molar-refractivity contribution >= 4 is 11.6 Å². The molecule has 1 N–H and O–H groups in total. The molecule has 0 heterocycles. The fourth-order valence-electron chi connectivity index (χ4n) is 1.29. The molecule has 1 rings (SSSR count). The van der Waals surface area contributed by atoms with Crippen molar-refractivity contribution in [3.05, 3.63) is 29.6 Å². The monoisotopic (exact) mass is 234 g/mol. The van der Waals surface area contributed by atoms with Crippen molar-refractivity contribution in [2.75, 3.05) is 5.32 Å². The van der Waals surface area contributed by atoms with Crippen LogP contribution in [0.2, 0.25) is 0 Å². The number of nitrogens with one attached hydrogen (secondary N) is 1. The number of carbonyl (C=O) groups excluding carboxylic acids is 1. The molecule has 0 aliphatic rings. The maximum Gasteiger partial charge on any atom is 0.227 e. The van der Waals surface area contributed by atoms with Gasteiger partial charge in [0, 0.05) is 5.92 Å². The molecule has 1 atom stereocenters. The van der Waals surface area contributed by atoms with Crippen molar-refractivity contribution < 1.29 is 9.18 Å². The van der Waals surface area contributed by atoms with E-state index in [2.05, 4.69) is 5.32 Å². The predicted molar refractivity (Wildman–Crippen MR) is 63.7 cm³/mol. The average molecular weight is 234 g/mol. The summed E-state index contributed by atoms with van der Waals surface area (Å²) >= 11 is 0. The Hall–Kier alpha value is -1.89. The summed E-state index contributed by atoms with van der Waals surface area (Å²) < 4.78 is 13.3. The van der Waals surface area contributed by atoms with Gasteiger partial charge in [-0.15, -0.1) is 0 Å². The van der Waals surface area contributed by atoms with E-state index in [4.69, 9.17) is 5.26 Å². The first kappa shape index (κ1) is 13.2. The molecular weight excluding hydrogens is 219 g/mol. The molecule has 0 saturated carbocycles. The Balaban J connectivity index is 2.94. The van der Waals surface area contributed by atoms with Crippen LogP contribution in [0.15, 0.2) is 18.2 Å². The molecule has 0 bridgehead atoms. The third-order valence-corrected chi connectivity index (χ3v) is 2.80. The van der Waals surface area contributed by atoms with Gasteiger partial charge in [0.15, 0.2) is 0 Å². The zero-order valence-electron chi connectivity index (χ0n) is 10.1. The van der Waals surface area contributed by atoms with Crippen LogP contribution in [0, 0.1) is 29.0 Å². The lowest BCUT2D eigenvalue weighted by atomic mass is 9.97. The Morgan fingerprint density at radius 1 is 1.41 bits per heavy atom. The van der Waals surface area contributed by atoms with Crippen molar-refractivity contribution in [1.82, 2.24) is 0 Å². The van der Waals surface area contributed by atoms with Crippen molar-refractivity contribution in [3.8, 4) is 6.07 Å². The highest BCUT2D eigenvalue weighted by atomic mass is 19.1. The van der Waals surface area contributed by atoms with Crippen molar-refractivity contribution in [3.63, 3.8) is 0 Å². The minimum atomic E-state index is -0.623. The fraction of sp³-hybridized carbons (Fsp3) is 0.385. The molecule has 1 amide bonds. The van der Waals surface area contributed by atoms with E-state index < -0.39 is 5.82 Å². The third-order valence-electron chi connectivity index (χ3n) is 2.80. The van der Waals surface area contributed by atoms with Crippen LogP contribution in [0.25, 0.3) is 0 Å². The number of anilines is 1. The van der Waals surface area contributed by atoms with Crippen LogP contribution in [0.3, 0.4) is 0 Å². The topological polar surface area (TPSA) is 52.9 Å². The lowest BCUT2D eigenvalue weighted by Gasteiger charge is -2.15. The Labute approximate surface area is 100 Å². The van der Waals surface area contributed by atoms with Gasteiger partial charge in [-0.05, 0) is 18.1 Å². The lowest BCUT2D eigenvalue weighted by Crippen LogP contribution is -2.24. The molecule has 1 aromatic rings. The molecule has 0 fully saturated rings. The summed E-state index contributed by atoms with van der Waals surface area (Å²) in [7, 11) is 0. The SMILES string of the molecule is CC(C)C(C)C(=O)Nc1cccc(F)c1C#N. The highest BCUT2D eigenvalue weighted by Gasteiger charge is 2.18. The molecule has 0 aromatic heterocycles. The maximum absolute atomic E-state index is 13.3. The Morgan fingerprint density at radius 3 is 2.59 bits per heavy atom. The quantitative estimate of drug-likeness (QED) is 0.874. The van der Waals surface area contributed by atoms with Gasteiger partial charge in [-0.25, -0.2) is 4.39 Å². The number of hydrogen-bond donors (Lipinski definition) is 1. The first-order valence-corrected chi connectivity index (χ1v) is 5.46. The summed E-state index contributed by atoms with van der Waals surface area (Å²) in [6, 6.07) is 5.93. The number of amides is 1. The summed E-state index contributed by atoms with van der Waals surface area (Å²) in [5.41, 5.74) is 0.0989. The molecular formula is C13H15FN2O. The van der Waals surface area contributed by atoms with Crippen LogP contribution in [0.5, 0.6) is 0 Å².